The van der Waals surface area contributed by atoms with E-state index in [9.17, 15) is 0 Å². The van der Waals surface area contributed by atoms with Crippen LogP contribution in [0.15, 0.2) is 121 Å². The number of aromatic nitrogens is 2. The van der Waals surface area contributed by atoms with Gasteiger partial charge in [-0.25, -0.2) is 4.98 Å². The number of nitrogens with zero attached hydrogens (tertiary/aromatic N) is 4. The van der Waals surface area contributed by atoms with Gasteiger partial charge in [-0.1, -0.05) is 119 Å². The molecule has 5 heteroatoms. The van der Waals surface area contributed by atoms with Gasteiger partial charge in [0.2, 0.25) is 0 Å². The Morgan fingerprint density at radius 2 is 1.15 bits per heavy atom. The van der Waals surface area contributed by atoms with Crippen LogP contribution in [0.5, 0.6) is 11.5 Å². The molecule has 0 N–H and O–H groups in total. The fourth-order valence-corrected chi connectivity index (χ4v) is 8.49. The lowest BCUT2D eigenvalue weighted by atomic mass is 9.77. The van der Waals surface area contributed by atoms with E-state index in [0.717, 1.165) is 46.9 Å². The van der Waals surface area contributed by atoms with Gasteiger partial charge in [-0.2, -0.15) is 0 Å². The fraction of sp³-hybridized carbons (Fsp3) is 0.352. The number of hydrogen-bond donors (Lipinski definition) is 0. The molecule has 0 radical (unpaired) electrons. The van der Waals surface area contributed by atoms with Gasteiger partial charge in [-0.15, -0.1) is 0 Å². The zero-order chi connectivity index (χ0) is 42.1. The number of fused-ring (bicyclic) bond motifs is 4. The number of hydrogen-bond acceptors (Lipinski definition) is 4. The van der Waals surface area contributed by atoms with Gasteiger partial charge in [0.15, 0.2) is 0 Å². The van der Waals surface area contributed by atoms with Crippen LogP contribution in [-0.2, 0) is 21.7 Å². The van der Waals surface area contributed by atoms with Gasteiger partial charge in [-0.05, 0) is 123 Å². The third-order valence-corrected chi connectivity index (χ3v) is 12.9. The van der Waals surface area contributed by atoms with Crippen LogP contribution in [0.2, 0.25) is 0 Å². The van der Waals surface area contributed by atoms with Crippen LogP contribution in [0, 0.1) is 0 Å². The topological polar surface area (TPSA) is 33.5 Å². The normalized spacial score (nSPS) is 13.8. The Kier molecular flexibility index (Phi) is 9.97. The molecule has 5 nitrogen and oxygen atoms in total. The highest BCUT2D eigenvalue weighted by atomic mass is 16.5. The molecule has 0 bridgehead atoms. The van der Waals surface area contributed by atoms with Crippen molar-refractivity contribution in [3.05, 3.63) is 144 Å². The van der Waals surface area contributed by atoms with E-state index >= 15 is 0 Å². The van der Waals surface area contributed by atoms with Crippen molar-refractivity contribution < 1.29 is 4.74 Å². The number of pyridine rings is 1. The second-order valence-electron chi connectivity index (χ2n) is 20.0. The molecule has 5 aromatic carbocycles. The number of anilines is 4. The Hall–Kier alpha value is -5.55. The molecular weight excluding hydrogens is 721 g/mol. The number of rotatable bonds is 8. The van der Waals surface area contributed by atoms with Crippen molar-refractivity contribution in [3.63, 3.8) is 0 Å². The lowest BCUT2D eigenvalue weighted by Gasteiger charge is -2.30. The molecule has 3 heterocycles. The predicted molar refractivity (Wildman–Crippen MR) is 251 cm³/mol. The zero-order valence-corrected chi connectivity index (χ0v) is 37.4. The summed E-state index contributed by atoms with van der Waals surface area (Å²) in [6, 6.07) is 42.3. The molecule has 1 aliphatic rings. The van der Waals surface area contributed by atoms with Gasteiger partial charge >= 0.3 is 0 Å². The van der Waals surface area contributed by atoms with Crippen LogP contribution in [-0.4, -0.2) is 16.2 Å². The van der Waals surface area contributed by atoms with Crippen LogP contribution in [0.1, 0.15) is 118 Å². The maximum absolute atomic E-state index is 6.78. The van der Waals surface area contributed by atoms with Gasteiger partial charge in [0.1, 0.15) is 24.0 Å². The summed E-state index contributed by atoms with van der Waals surface area (Å²) in [5.74, 6) is 2.48. The SMILES string of the molecule is CCC(C)(CC)c1ccc2c(c1)N(c1cc(C(C)(C)C)cc(C(C)(C)C)c1)CN2c1cccc(Oc2ccc3c4ccccc4n(-c4cc(C(C)(C)C)ccn4)c3c2)c1. The van der Waals surface area contributed by atoms with Gasteiger partial charge in [0, 0.05) is 40.5 Å². The highest BCUT2D eigenvalue weighted by Crippen LogP contribution is 2.49. The molecule has 2 aromatic heterocycles. The highest BCUT2D eigenvalue weighted by molar-refractivity contribution is 6.09. The number of ether oxygens (including phenoxy) is 1. The first-order valence-corrected chi connectivity index (χ1v) is 21.5. The first-order valence-electron chi connectivity index (χ1n) is 21.5. The molecule has 0 fully saturated rings. The first-order chi connectivity index (χ1) is 27.9. The molecular formula is C54H62N4O. The Bertz CT molecular complexity index is 2650. The van der Waals surface area contributed by atoms with Crippen molar-refractivity contribution in [3.8, 4) is 17.3 Å². The van der Waals surface area contributed by atoms with Crippen molar-refractivity contribution in [1.82, 2.24) is 9.55 Å². The predicted octanol–water partition coefficient (Wildman–Crippen LogP) is 15.2. The third-order valence-electron chi connectivity index (χ3n) is 12.9. The van der Waals surface area contributed by atoms with Gasteiger partial charge < -0.3 is 14.5 Å². The summed E-state index contributed by atoms with van der Waals surface area (Å²) in [4.78, 5) is 9.85. The number of benzene rings is 5. The van der Waals surface area contributed by atoms with E-state index in [4.69, 9.17) is 9.72 Å². The molecule has 0 saturated carbocycles. The summed E-state index contributed by atoms with van der Waals surface area (Å²) in [6.07, 6.45) is 4.11. The van der Waals surface area contributed by atoms with E-state index in [-0.39, 0.29) is 21.7 Å². The van der Waals surface area contributed by atoms with Gasteiger partial charge in [0.25, 0.3) is 0 Å². The van der Waals surface area contributed by atoms with Gasteiger partial charge in [-0.3, -0.25) is 4.57 Å². The smallest absolute Gasteiger partial charge is 0.137 e. The quantitative estimate of drug-likeness (QED) is 0.154. The Morgan fingerprint density at radius 1 is 0.508 bits per heavy atom. The molecule has 59 heavy (non-hydrogen) atoms. The number of para-hydroxylation sites is 1. The average Bonchev–Trinajstić information content (AvgIpc) is 3.75. The minimum atomic E-state index is 0.00233. The monoisotopic (exact) mass is 782 g/mol. The van der Waals surface area contributed by atoms with E-state index in [1.54, 1.807) is 0 Å². The largest absolute Gasteiger partial charge is 0.457 e. The van der Waals surface area contributed by atoms with Crippen LogP contribution in [0.4, 0.5) is 22.7 Å². The Balaban J connectivity index is 1.20. The maximum atomic E-state index is 6.78. The van der Waals surface area contributed by atoms with Crippen LogP contribution < -0.4 is 14.5 Å². The summed E-state index contributed by atoms with van der Waals surface area (Å²) >= 11 is 0. The van der Waals surface area contributed by atoms with E-state index in [1.165, 1.54) is 50.1 Å². The van der Waals surface area contributed by atoms with Crippen molar-refractivity contribution in [2.75, 3.05) is 16.5 Å². The first kappa shape index (κ1) is 40.2. The lowest BCUT2D eigenvalue weighted by molar-refractivity contribution is 0.439. The molecule has 7 aromatic rings. The van der Waals surface area contributed by atoms with Gasteiger partial charge in [0.05, 0.1) is 22.4 Å². The molecule has 8 rings (SSSR count). The summed E-state index contributed by atoms with van der Waals surface area (Å²) in [5.41, 5.74) is 12.4. The fourth-order valence-electron chi connectivity index (χ4n) is 8.49. The summed E-state index contributed by atoms with van der Waals surface area (Å²) < 4.78 is 9.05. The summed E-state index contributed by atoms with van der Waals surface area (Å²) in [5, 5.41) is 2.37. The Labute approximate surface area is 352 Å². The second-order valence-corrected chi connectivity index (χ2v) is 20.0. The van der Waals surface area contributed by atoms with Crippen LogP contribution in [0.25, 0.3) is 27.6 Å². The molecule has 0 saturated heterocycles. The van der Waals surface area contributed by atoms with Crippen molar-refractivity contribution in [2.24, 2.45) is 0 Å². The molecule has 0 spiro atoms. The van der Waals surface area contributed by atoms with E-state index < -0.39 is 0 Å². The minimum absolute atomic E-state index is 0.00233. The molecule has 0 aliphatic carbocycles. The molecule has 304 valence electrons. The Morgan fingerprint density at radius 3 is 1.83 bits per heavy atom. The average molecular weight is 783 g/mol. The highest BCUT2D eigenvalue weighted by Gasteiger charge is 2.33. The lowest BCUT2D eigenvalue weighted by Crippen LogP contribution is -2.25. The maximum Gasteiger partial charge on any atom is 0.137 e. The zero-order valence-electron chi connectivity index (χ0n) is 37.4. The summed E-state index contributed by atoms with van der Waals surface area (Å²) in [7, 11) is 0. The summed E-state index contributed by atoms with van der Waals surface area (Å²) in [6.45, 7) is 28.4. The molecule has 0 amide bonds. The third kappa shape index (κ3) is 7.50. The second kappa shape index (κ2) is 14.6. The van der Waals surface area contributed by atoms with Crippen LogP contribution >= 0.6 is 0 Å². The van der Waals surface area contributed by atoms with E-state index in [1.807, 2.05) is 6.20 Å². The van der Waals surface area contributed by atoms with Crippen LogP contribution in [0.3, 0.4) is 0 Å². The minimum Gasteiger partial charge on any atom is -0.457 e. The van der Waals surface area contributed by atoms with Crippen molar-refractivity contribution in [1.29, 1.82) is 0 Å². The van der Waals surface area contributed by atoms with Crippen molar-refractivity contribution in [2.45, 2.75) is 118 Å². The van der Waals surface area contributed by atoms with E-state index in [2.05, 4.69) is 213 Å². The van der Waals surface area contributed by atoms with Crippen molar-refractivity contribution >= 4 is 44.6 Å². The standard InChI is InChI=1S/C54H62N4O/c1-13-54(12,14-2)37-22-25-47-49(31-37)57(41-29-38(52(6,7)8)28-39(30-41)53(9,10)11)35-56(47)40-18-17-19-42(33-40)59-43-23-24-45-44-20-15-16-21-46(44)58(48(45)34-43)50-32-36(26-27-55-50)51(3,4)5/h15-34H,13-14,35H2,1-12H3. The molecule has 1 aliphatic heterocycles. The molecule has 0 unspecified atom stereocenters. The van der Waals surface area contributed by atoms with E-state index in [0.29, 0.717) is 6.67 Å². The molecule has 0 atom stereocenters.